The maximum absolute atomic E-state index is 10.6. The Labute approximate surface area is 93.4 Å². The summed E-state index contributed by atoms with van der Waals surface area (Å²) < 4.78 is 5.78. The number of non-ortho nitro benzene ring substituents is 1. The summed E-state index contributed by atoms with van der Waals surface area (Å²) in [6, 6.07) is 6.81. The first-order valence-corrected chi connectivity index (χ1v) is 5.65. The first-order chi connectivity index (χ1) is 7.72. The number of ether oxygens (including phenoxy) is 1. The van der Waals surface area contributed by atoms with Crippen LogP contribution in [0, 0.1) is 10.1 Å². The van der Waals surface area contributed by atoms with Gasteiger partial charge in [0.1, 0.15) is 5.60 Å². The molecule has 4 heteroatoms. The predicted octanol–water partition coefficient (Wildman–Crippen LogP) is 2.76. The van der Waals surface area contributed by atoms with Crippen LogP contribution in [0.15, 0.2) is 24.3 Å². The Hall–Kier alpha value is -1.42. The Kier molecular flexibility index (Phi) is 2.01. The Morgan fingerprint density at radius 3 is 2.69 bits per heavy atom. The van der Waals surface area contributed by atoms with Gasteiger partial charge in [-0.05, 0) is 30.5 Å². The molecule has 1 aliphatic carbocycles. The van der Waals surface area contributed by atoms with Gasteiger partial charge in [-0.25, -0.2) is 0 Å². The fraction of sp³-hybridized carbons (Fsp3) is 0.500. The quantitative estimate of drug-likeness (QED) is 0.436. The van der Waals surface area contributed by atoms with Gasteiger partial charge in [-0.2, -0.15) is 0 Å². The van der Waals surface area contributed by atoms with E-state index in [4.69, 9.17) is 4.74 Å². The molecule has 0 N–H and O–H groups in total. The van der Waals surface area contributed by atoms with E-state index in [0.717, 1.165) is 18.4 Å². The lowest BCUT2D eigenvalue weighted by Crippen LogP contribution is -2.16. The molecule has 4 nitrogen and oxygen atoms in total. The Balaban J connectivity index is 1.88. The Morgan fingerprint density at radius 1 is 1.31 bits per heavy atom. The average molecular weight is 219 g/mol. The van der Waals surface area contributed by atoms with Gasteiger partial charge in [0.05, 0.1) is 11.0 Å². The number of benzene rings is 1. The predicted molar refractivity (Wildman–Crippen MR) is 58.1 cm³/mol. The first kappa shape index (κ1) is 9.78. The van der Waals surface area contributed by atoms with Gasteiger partial charge < -0.3 is 4.74 Å². The van der Waals surface area contributed by atoms with Gasteiger partial charge in [-0.1, -0.05) is 12.8 Å². The highest BCUT2D eigenvalue weighted by atomic mass is 16.6. The van der Waals surface area contributed by atoms with Crippen molar-refractivity contribution in [3.8, 4) is 0 Å². The molecular weight excluding hydrogens is 206 g/mol. The highest BCUT2D eigenvalue weighted by Gasteiger charge is 2.58. The summed E-state index contributed by atoms with van der Waals surface area (Å²) in [6.45, 7) is 0. The van der Waals surface area contributed by atoms with Crippen molar-refractivity contribution in [1.29, 1.82) is 0 Å². The number of fused-ring (bicyclic) bond motifs is 1. The summed E-state index contributed by atoms with van der Waals surface area (Å²) in [7, 11) is 0. The lowest BCUT2D eigenvalue weighted by molar-refractivity contribution is -0.384. The normalized spacial score (nSPS) is 31.9. The molecule has 84 valence electrons. The molecular formula is C12H13NO3. The van der Waals surface area contributed by atoms with Crippen molar-refractivity contribution >= 4 is 5.69 Å². The van der Waals surface area contributed by atoms with Crippen LogP contribution in [0.25, 0.3) is 0 Å². The summed E-state index contributed by atoms with van der Waals surface area (Å²) in [6.07, 6.45) is 4.95. The van der Waals surface area contributed by atoms with Gasteiger partial charge in [0.25, 0.3) is 5.69 Å². The van der Waals surface area contributed by atoms with E-state index in [1.165, 1.54) is 12.8 Å². The standard InChI is InChI=1S/C12H13NO3/c14-13(15)10-6-4-9(5-7-10)12-8-2-1-3-11(12)16-12/h4-7,11H,1-3,8H2. The molecule has 1 aromatic rings. The van der Waals surface area contributed by atoms with Crippen LogP contribution in [-0.2, 0) is 10.3 Å². The van der Waals surface area contributed by atoms with Crippen molar-refractivity contribution in [1.82, 2.24) is 0 Å². The summed E-state index contributed by atoms with van der Waals surface area (Å²) in [5.41, 5.74) is 1.14. The monoisotopic (exact) mass is 219 g/mol. The number of rotatable bonds is 2. The van der Waals surface area contributed by atoms with Gasteiger partial charge in [-0.3, -0.25) is 10.1 Å². The van der Waals surface area contributed by atoms with Crippen molar-refractivity contribution in [3.63, 3.8) is 0 Å². The number of epoxide rings is 1. The summed E-state index contributed by atoms with van der Waals surface area (Å²) >= 11 is 0. The van der Waals surface area contributed by atoms with Crippen molar-refractivity contribution < 1.29 is 9.66 Å². The molecule has 3 rings (SSSR count). The van der Waals surface area contributed by atoms with Crippen LogP contribution in [0.3, 0.4) is 0 Å². The molecule has 1 aromatic carbocycles. The number of hydrogen-bond donors (Lipinski definition) is 0. The van der Waals surface area contributed by atoms with E-state index >= 15 is 0 Å². The highest BCUT2D eigenvalue weighted by Crippen LogP contribution is 2.55. The molecule has 0 aromatic heterocycles. The molecule has 2 aliphatic rings. The van der Waals surface area contributed by atoms with Gasteiger partial charge in [0.2, 0.25) is 0 Å². The molecule has 0 spiro atoms. The molecule has 2 fully saturated rings. The Morgan fingerprint density at radius 2 is 2.06 bits per heavy atom. The second-order valence-electron chi connectivity index (χ2n) is 4.55. The van der Waals surface area contributed by atoms with E-state index in [0.29, 0.717) is 6.10 Å². The summed E-state index contributed by atoms with van der Waals surface area (Å²) in [4.78, 5) is 10.2. The van der Waals surface area contributed by atoms with Gasteiger partial charge in [0, 0.05) is 12.1 Å². The van der Waals surface area contributed by atoms with Crippen LogP contribution in [0.1, 0.15) is 31.2 Å². The number of nitro benzene ring substituents is 1. The van der Waals surface area contributed by atoms with Crippen LogP contribution >= 0.6 is 0 Å². The molecule has 0 amide bonds. The van der Waals surface area contributed by atoms with Crippen LogP contribution in [0.4, 0.5) is 5.69 Å². The molecule has 1 aliphatic heterocycles. The zero-order chi connectivity index (χ0) is 11.2. The minimum Gasteiger partial charge on any atom is -0.361 e. The molecule has 0 radical (unpaired) electrons. The summed E-state index contributed by atoms with van der Waals surface area (Å²) in [5, 5.41) is 10.6. The van der Waals surface area contributed by atoms with E-state index in [9.17, 15) is 10.1 Å². The minimum atomic E-state index is -0.368. The molecule has 1 saturated heterocycles. The van der Waals surface area contributed by atoms with Crippen LogP contribution in [0.5, 0.6) is 0 Å². The van der Waals surface area contributed by atoms with Crippen LogP contribution < -0.4 is 0 Å². The highest BCUT2D eigenvalue weighted by molar-refractivity contribution is 5.38. The van der Waals surface area contributed by atoms with E-state index in [-0.39, 0.29) is 16.2 Å². The minimum absolute atomic E-state index is 0.104. The van der Waals surface area contributed by atoms with Crippen LogP contribution in [-0.4, -0.2) is 11.0 Å². The first-order valence-electron chi connectivity index (χ1n) is 5.65. The van der Waals surface area contributed by atoms with E-state index < -0.39 is 0 Å². The largest absolute Gasteiger partial charge is 0.361 e. The molecule has 0 bridgehead atoms. The molecule has 2 unspecified atom stereocenters. The van der Waals surface area contributed by atoms with Crippen molar-refractivity contribution in [3.05, 3.63) is 39.9 Å². The third-order valence-corrected chi connectivity index (χ3v) is 3.65. The fourth-order valence-electron chi connectivity index (χ4n) is 2.71. The molecule has 16 heavy (non-hydrogen) atoms. The second-order valence-corrected chi connectivity index (χ2v) is 4.55. The lowest BCUT2D eigenvalue weighted by atomic mass is 9.84. The zero-order valence-electron chi connectivity index (χ0n) is 8.89. The maximum atomic E-state index is 10.6. The van der Waals surface area contributed by atoms with Crippen LogP contribution in [0.2, 0.25) is 0 Å². The topological polar surface area (TPSA) is 55.7 Å². The molecule has 2 atom stereocenters. The third kappa shape index (κ3) is 1.33. The average Bonchev–Trinajstić information content (AvgIpc) is 3.04. The summed E-state index contributed by atoms with van der Waals surface area (Å²) in [5.74, 6) is 0. The maximum Gasteiger partial charge on any atom is 0.269 e. The zero-order valence-corrected chi connectivity index (χ0v) is 8.89. The Bertz CT molecular complexity index is 428. The second kappa shape index (κ2) is 3.28. The number of hydrogen-bond acceptors (Lipinski definition) is 3. The van der Waals surface area contributed by atoms with E-state index in [1.807, 2.05) is 12.1 Å². The molecule has 1 heterocycles. The number of nitro groups is 1. The van der Waals surface area contributed by atoms with Crippen molar-refractivity contribution in [2.75, 3.05) is 0 Å². The van der Waals surface area contributed by atoms with E-state index in [2.05, 4.69) is 0 Å². The fourth-order valence-corrected chi connectivity index (χ4v) is 2.71. The lowest BCUT2D eigenvalue weighted by Gasteiger charge is -2.17. The van der Waals surface area contributed by atoms with Crippen molar-refractivity contribution in [2.24, 2.45) is 0 Å². The van der Waals surface area contributed by atoms with Gasteiger partial charge in [-0.15, -0.1) is 0 Å². The number of nitrogens with zero attached hydrogens (tertiary/aromatic N) is 1. The molecule has 1 saturated carbocycles. The van der Waals surface area contributed by atoms with E-state index in [1.54, 1.807) is 12.1 Å². The van der Waals surface area contributed by atoms with Crippen molar-refractivity contribution in [2.45, 2.75) is 37.4 Å². The smallest absolute Gasteiger partial charge is 0.269 e. The SMILES string of the molecule is O=[N+]([O-])c1ccc(C23CCCCC2O3)cc1. The van der Waals surface area contributed by atoms with Gasteiger partial charge in [0.15, 0.2) is 0 Å². The van der Waals surface area contributed by atoms with Gasteiger partial charge >= 0.3 is 0 Å². The third-order valence-electron chi connectivity index (χ3n) is 3.65.